The molecule has 4 heteroatoms. The molecule has 0 aliphatic heterocycles. The molecule has 1 aromatic rings. The third kappa shape index (κ3) is 3.30. The molecule has 1 aromatic heterocycles. The van der Waals surface area contributed by atoms with Crippen molar-refractivity contribution in [2.45, 2.75) is 38.1 Å². The van der Waals surface area contributed by atoms with E-state index < -0.39 is 0 Å². The lowest BCUT2D eigenvalue weighted by molar-refractivity contribution is 0.0913. The summed E-state index contributed by atoms with van der Waals surface area (Å²) < 4.78 is 0. The predicted molar refractivity (Wildman–Crippen MR) is 68.9 cm³/mol. The third-order valence-corrected chi connectivity index (χ3v) is 3.75. The van der Waals surface area contributed by atoms with Gasteiger partial charge in [-0.2, -0.15) is 0 Å². The van der Waals surface area contributed by atoms with Crippen molar-refractivity contribution < 1.29 is 4.79 Å². The molecule has 0 bridgehead atoms. The van der Waals surface area contributed by atoms with E-state index in [1.165, 1.54) is 0 Å². The number of aryl methyl sites for hydroxylation is 1. The van der Waals surface area contributed by atoms with Gasteiger partial charge in [0.2, 0.25) is 0 Å². The Morgan fingerprint density at radius 2 is 2.12 bits per heavy atom. The zero-order valence-corrected chi connectivity index (χ0v) is 11.6. The van der Waals surface area contributed by atoms with Crippen LogP contribution in [0.1, 0.15) is 36.8 Å². The van der Waals surface area contributed by atoms with Crippen LogP contribution in [0.2, 0.25) is 0 Å². The van der Waals surface area contributed by atoms with Crippen LogP contribution >= 0.6 is 15.9 Å². The lowest BCUT2D eigenvalue weighted by atomic mass is 10.0. The highest BCUT2D eigenvalue weighted by molar-refractivity contribution is 9.09. The lowest BCUT2D eigenvalue weighted by Gasteiger charge is -2.29. The summed E-state index contributed by atoms with van der Waals surface area (Å²) in [5.74, 6) is -0.0937. The minimum atomic E-state index is -0.290. The molecule has 1 unspecified atom stereocenters. The second-order valence-electron chi connectivity index (χ2n) is 4.48. The number of alkyl halides is 1. The molecule has 0 aliphatic carbocycles. The van der Waals surface area contributed by atoms with Crippen molar-refractivity contribution in [1.29, 1.82) is 0 Å². The molecule has 0 saturated carbocycles. The third-order valence-electron chi connectivity index (χ3n) is 2.60. The Morgan fingerprint density at radius 3 is 2.56 bits per heavy atom. The standard InChI is InChI=1S/C12H17BrN2O/c1-8-5-6-10(7-14-8)11(16)15-12(3,4)9(2)13/h5-7,9H,1-4H3,(H,15,16). The van der Waals surface area contributed by atoms with Crippen LogP contribution in [0.25, 0.3) is 0 Å². The topological polar surface area (TPSA) is 42.0 Å². The summed E-state index contributed by atoms with van der Waals surface area (Å²) in [6.07, 6.45) is 1.60. The fourth-order valence-electron chi connectivity index (χ4n) is 1.07. The number of pyridine rings is 1. The molecule has 0 saturated heterocycles. The highest BCUT2D eigenvalue weighted by Gasteiger charge is 2.26. The first-order valence-electron chi connectivity index (χ1n) is 5.22. The quantitative estimate of drug-likeness (QED) is 0.868. The molecule has 1 atom stereocenters. The minimum Gasteiger partial charge on any atom is -0.346 e. The monoisotopic (exact) mass is 284 g/mol. The normalized spacial score (nSPS) is 13.3. The molecule has 1 N–H and O–H groups in total. The summed E-state index contributed by atoms with van der Waals surface area (Å²) in [5, 5.41) is 2.97. The summed E-state index contributed by atoms with van der Waals surface area (Å²) in [4.78, 5) is 16.2. The predicted octanol–water partition coefficient (Wildman–Crippen LogP) is 2.68. The molecule has 0 fully saturated rings. The fourth-order valence-corrected chi connectivity index (χ4v) is 1.18. The van der Waals surface area contributed by atoms with Crippen LogP contribution in [-0.4, -0.2) is 21.3 Å². The van der Waals surface area contributed by atoms with Crippen molar-refractivity contribution in [3.05, 3.63) is 29.6 Å². The Hall–Kier alpha value is -0.900. The number of carbonyl (C=O) groups is 1. The van der Waals surface area contributed by atoms with Crippen molar-refractivity contribution >= 4 is 21.8 Å². The largest absolute Gasteiger partial charge is 0.346 e. The van der Waals surface area contributed by atoms with E-state index in [0.29, 0.717) is 5.56 Å². The van der Waals surface area contributed by atoms with Crippen molar-refractivity contribution in [1.82, 2.24) is 10.3 Å². The Labute approximate surface area is 105 Å². The smallest absolute Gasteiger partial charge is 0.253 e. The van der Waals surface area contributed by atoms with Crippen LogP contribution in [0, 0.1) is 6.92 Å². The average Bonchev–Trinajstić information content (AvgIpc) is 2.17. The zero-order valence-electron chi connectivity index (χ0n) is 10.0. The lowest BCUT2D eigenvalue weighted by Crippen LogP contribution is -2.48. The fraction of sp³-hybridized carbons (Fsp3) is 0.500. The molecule has 1 heterocycles. The van der Waals surface area contributed by atoms with Gasteiger partial charge in [0.15, 0.2) is 0 Å². The summed E-state index contributed by atoms with van der Waals surface area (Å²) in [5.41, 5.74) is 1.21. The van der Waals surface area contributed by atoms with Gasteiger partial charge in [0.1, 0.15) is 0 Å². The molecule has 0 spiro atoms. The van der Waals surface area contributed by atoms with Crippen LogP contribution in [0.5, 0.6) is 0 Å². The van der Waals surface area contributed by atoms with Gasteiger partial charge in [0.05, 0.1) is 5.56 Å². The summed E-state index contributed by atoms with van der Waals surface area (Å²) >= 11 is 3.48. The highest BCUT2D eigenvalue weighted by Crippen LogP contribution is 2.17. The van der Waals surface area contributed by atoms with E-state index >= 15 is 0 Å². The number of carbonyl (C=O) groups excluding carboxylic acids is 1. The maximum atomic E-state index is 11.9. The molecule has 0 aromatic carbocycles. The van der Waals surface area contributed by atoms with Crippen molar-refractivity contribution in [3.8, 4) is 0 Å². The van der Waals surface area contributed by atoms with E-state index in [9.17, 15) is 4.79 Å². The van der Waals surface area contributed by atoms with Gasteiger partial charge >= 0.3 is 0 Å². The van der Waals surface area contributed by atoms with Crippen LogP contribution in [0.3, 0.4) is 0 Å². The Morgan fingerprint density at radius 1 is 1.50 bits per heavy atom. The van der Waals surface area contributed by atoms with Crippen LogP contribution in [-0.2, 0) is 0 Å². The number of hydrogen-bond acceptors (Lipinski definition) is 2. The van der Waals surface area contributed by atoms with Gasteiger partial charge in [-0.05, 0) is 32.9 Å². The van der Waals surface area contributed by atoms with E-state index in [1.54, 1.807) is 12.3 Å². The van der Waals surface area contributed by atoms with Crippen LogP contribution < -0.4 is 5.32 Å². The molecule has 0 radical (unpaired) electrons. The van der Waals surface area contributed by atoms with E-state index in [1.807, 2.05) is 33.8 Å². The number of amides is 1. The number of rotatable bonds is 3. The second kappa shape index (κ2) is 4.95. The SMILES string of the molecule is Cc1ccc(C(=O)NC(C)(C)C(C)Br)cn1. The zero-order chi connectivity index (χ0) is 12.3. The van der Waals surface area contributed by atoms with E-state index in [4.69, 9.17) is 0 Å². The van der Waals surface area contributed by atoms with Gasteiger partial charge in [-0.3, -0.25) is 9.78 Å². The Kier molecular flexibility index (Phi) is 4.08. The first-order chi connectivity index (χ1) is 7.33. The van der Waals surface area contributed by atoms with Crippen molar-refractivity contribution in [3.63, 3.8) is 0 Å². The molecule has 16 heavy (non-hydrogen) atoms. The molecule has 1 amide bonds. The van der Waals surface area contributed by atoms with Crippen LogP contribution in [0.4, 0.5) is 0 Å². The molecular formula is C12H17BrN2O. The summed E-state index contributed by atoms with van der Waals surface area (Å²) in [6.45, 7) is 7.86. The van der Waals surface area contributed by atoms with Gasteiger partial charge in [-0.25, -0.2) is 0 Å². The highest BCUT2D eigenvalue weighted by atomic mass is 79.9. The molecular weight excluding hydrogens is 268 g/mol. The molecule has 88 valence electrons. The van der Waals surface area contributed by atoms with Crippen LogP contribution in [0.15, 0.2) is 18.3 Å². The van der Waals surface area contributed by atoms with Gasteiger partial charge in [0, 0.05) is 22.3 Å². The molecule has 3 nitrogen and oxygen atoms in total. The van der Waals surface area contributed by atoms with Crippen molar-refractivity contribution in [2.24, 2.45) is 0 Å². The summed E-state index contributed by atoms with van der Waals surface area (Å²) in [7, 11) is 0. The molecule has 0 aliphatic rings. The first-order valence-corrected chi connectivity index (χ1v) is 6.14. The van der Waals surface area contributed by atoms with E-state index in [2.05, 4.69) is 26.2 Å². The minimum absolute atomic E-state index is 0.0937. The van der Waals surface area contributed by atoms with Crippen molar-refractivity contribution in [2.75, 3.05) is 0 Å². The second-order valence-corrected chi connectivity index (χ2v) is 5.85. The van der Waals surface area contributed by atoms with Gasteiger partial charge < -0.3 is 5.32 Å². The average molecular weight is 285 g/mol. The number of halogens is 1. The number of nitrogens with zero attached hydrogens (tertiary/aromatic N) is 1. The number of nitrogens with one attached hydrogen (secondary N) is 1. The number of aromatic nitrogens is 1. The van der Waals surface area contributed by atoms with E-state index in [-0.39, 0.29) is 16.3 Å². The maximum absolute atomic E-state index is 11.9. The van der Waals surface area contributed by atoms with E-state index in [0.717, 1.165) is 5.69 Å². The summed E-state index contributed by atoms with van der Waals surface area (Å²) in [6, 6.07) is 3.62. The maximum Gasteiger partial charge on any atom is 0.253 e. The number of hydrogen-bond donors (Lipinski definition) is 1. The van der Waals surface area contributed by atoms with Gasteiger partial charge in [0.25, 0.3) is 5.91 Å². The Balaban J connectivity index is 2.77. The van der Waals surface area contributed by atoms with Gasteiger partial charge in [-0.1, -0.05) is 22.9 Å². The molecule has 1 rings (SSSR count). The van der Waals surface area contributed by atoms with Gasteiger partial charge in [-0.15, -0.1) is 0 Å². The first kappa shape index (κ1) is 13.2. The Bertz CT molecular complexity index is 371.